The van der Waals surface area contributed by atoms with E-state index in [4.69, 9.17) is 28.5 Å². The van der Waals surface area contributed by atoms with Gasteiger partial charge >= 0.3 is 0 Å². The van der Waals surface area contributed by atoms with Gasteiger partial charge in [0.25, 0.3) is 23.6 Å². The molecule has 0 saturated carbocycles. The van der Waals surface area contributed by atoms with Gasteiger partial charge < -0.3 is 39.9 Å². The number of nitrogens with zero attached hydrogens (tertiary/aromatic N) is 5. The summed E-state index contributed by atoms with van der Waals surface area (Å²) in [4.78, 5) is 53.8. The average molecular weight is 695 g/mol. The minimum atomic E-state index is -0.446. The fourth-order valence-electron chi connectivity index (χ4n) is 5.20. The molecule has 4 amide bonds. The van der Waals surface area contributed by atoms with E-state index in [-0.39, 0.29) is 36.2 Å². The number of anilines is 4. The maximum absolute atomic E-state index is 13.2. The largest absolute Gasteiger partial charge is 0.369 e. The summed E-state index contributed by atoms with van der Waals surface area (Å²) in [5.41, 5.74) is 4.43. The first-order valence-corrected chi connectivity index (χ1v) is 16.1. The fraction of sp³-hybridized carbons (Fsp3) is 0.303. The van der Waals surface area contributed by atoms with Crippen molar-refractivity contribution in [3.05, 3.63) is 83.2 Å². The van der Waals surface area contributed by atoms with E-state index in [1.165, 1.54) is 12.1 Å². The van der Waals surface area contributed by atoms with Gasteiger partial charge in [-0.05, 0) is 48.9 Å². The summed E-state index contributed by atoms with van der Waals surface area (Å²) < 4.78 is 4.73. The van der Waals surface area contributed by atoms with E-state index in [2.05, 4.69) is 26.2 Å². The molecule has 1 aromatic carbocycles. The van der Waals surface area contributed by atoms with Gasteiger partial charge in [0, 0.05) is 82.4 Å². The van der Waals surface area contributed by atoms with Crippen LogP contribution in [0.1, 0.15) is 53.8 Å². The van der Waals surface area contributed by atoms with Gasteiger partial charge in [-0.2, -0.15) is 5.26 Å². The zero-order chi connectivity index (χ0) is 35.0. The maximum Gasteiger partial charge on any atom is 0.272 e. The molecule has 0 atom stereocenters. The summed E-state index contributed by atoms with van der Waals surface area (Å²) in [6.45, 7) is 3.41. The summed E-state index contributed by atoms with van der Waals surface area (Å²) in [6, 6.07) is 12.0. The van der Waals surface area contributed by atoms with Gasteiger partial charge in [-0.3, -0.25) is 19.2 Å². The Bertz CT molecular complexity index is 1860. The van der Waals surface area contributed by atoms with Crippen molar-refractivity contribution in [1.29, 1.82) is 5.26 Å². The van der Waals surface area contributed by atoms with Gasteiger partial charge in [0.05, 0.1) is 29.6 Å². The van der Waals surface area contributed by atoms with E-state index in [1.54, 1.807) is 71.6 Å². The van der Waals surface area contributed by atoms with Crippen LogP contribution in [0.15, 0.2) is 55.0 Å². The second kappa shape index (κ2) is 16.1. The van der Waals surface area contributed by atoms with Crippen molar-refractivity contribution in [2.45, 2.75) is 13.3 Å². The first-order chi connectivity index (χ1) is 22.9. The minimum absolute atomic E-state index is 0.189. The summed E-state index contributed by atoms with van der Waals surface area (Å²) in [7, 11) is 5.03. The van der Waals surface area contributed by atoms with Crippen molar-refractivity contribution in [3.8, 4) is 6.07 Å². The van der Waals surface area contributed by atoms with Crippen LogP contribution in [0.3, 0.4) is 0 Å². The minimum Gasteiger partial charge on any atom is -0.369 e. The Morgan fingerprint density at radius 1 is 0.729 bits per heavy atom. The highest BCUT2D eigenvalue weighted by atomic mass is 35.5. The normalized spacial score (nSPS) is 10.7. The predicted molar refractivity (Wildman–Crippen MR) is 187 cm³/mol. The van der Waals surface area contributed by atoms with Crippen molar-refractivity contribution in [2.24, 2.45) is 21.1 Å². The lowest BCUT2D eigenvalue weighted by Gasteiger charge is -2.25. The number of aromatic nitrogens is 3. The van der Waals surface area contributed by atoms with Gasteiger partial charge in [-0.1, -0.05) is 0 Å². The lowest BCUT2D eigenvalue weighted by atomic mass is 10.1. The van der Waals surface area contributed by atoms with Crippen LogP contribution in [-0.2, 0) is 21.1 Å². The number of halogens is 2. The maximum atomic E-state index is 13.2. The highest BCUT2D eigenvalue weighted by Crippen LogP contribution is 2.24. The SMILES string of the molecule is Cc1cc(C(=O)Nc2cc(C(=O)Nc3cc(C(=O)Nc4cc(C(=O)NCCC#N)n(C)c4)n(C)c3)n(C)c2)ccc1N(CCCl)CCCl. The Hall–Kier alpha value is -5.19. The third-order valence-electron chi connectivity index (χ3n) is 7.52. The summed E-state index contributed by atoms with van der Waals surface area (Å²) in [6.07, 6.45) is 5.03. The van der Waals surface area contributed by atoms with Crippen LogP contribution in [0, 0.1) is 18.3 Å². The van der Waals surface area contributed by atoms with Gasteiger partial charge in [0.2, 0.25) is 0 Å². The lowest BCUT2D eigenvalue weighted by molar-refractivity contribution is 0.0944. The van der Waals surface area contributed by atoms with E-state index < -0.39 is 11.8 Å². The molecule has 0 saturated heterocycles. The van der Waals surface area contributed by atoms with Gasteiger partial charge in [0.15, 0.2) is 0 Å². The molecule has 0 aliphatic carbocycles. The van der Waals surface area contributed by atoms with Crippen molar-refractivity contribution in [2.75, 3.05) is 52.2 Å². The molecule has 0 fully saturated rings. The summed E-state index contributed by atoms with van der Waals surface area (Å²) >= 11 is 11.9. The number of hydrogen-bond donors (Lipinski definition) is 4. The van der Waals surface area contributed by atoms with Crippen LogP contribution in [0.25, 0.3) is 0 Å². The molecule has 3 aromatic heterocycles. The van der Waals surface area contributed by atoms with Crippen molar-refractivity contribution >= 4 is 69.6 Å². The molecule has 4 rings (SSSR count). The third kappa shape index (κ3) is 8.58. The van der Waals surface area contributed by atoms with E-state index in [9.17, 15) is 19.2 Å². The number of hydrogen-bond acceptors (Lipinski definition) is 6. The molecule has 0 aliphatic rings. The van der Waals surface area contributed by atoms with E-state index in [0.29, 0.717) is 53.2 Å². The number of nitrogens with one attached hydrogen (secondary N) is 4. The first-order valence-electron chi connectivity index (χ1n) is 15.0. The highest BCUT2D eigenvalue weighted by molar-refractivity contribution is 6.18. The van der Waals surface area contributed by atoms with Crippen LogP contribution in [-0.4, -0.2) is 68.7 Å². The van der Waals surface area contributed by atoms with E-state index in [0.717, 1.165) is 11.3 Å². The molecule has 0 radical (unpaired) electrons. The zero-order valence-corrected chi connectivity index (χ0v) is 28.6. The van der Waals surface area contributed by atoms with Crippen molar-refractivity contribution in [1.82, 2.24) is 19.0 Å². The van der Waals surface area contributed by atoms with Crippen LogP contribution in [0.4, 0.5) is 22.7 Å². The number of amides is 4. The topological polar surface area (TPSA) is 158 Å². The second-order valence-corrected chi connectivity index (χ2v) is 11.8. The third-order valence-corrected chi connectivity index (χ3v) is 7.86. The number of aryl methyl sites for hydroxylation is 4. The molecular weight excluding hydrogens is 657 g/mol. The number of benzene rings is 1. The Morgan fingerprint density at radius 2 is 1.19 bits per heavy atom. The van der Waals surface area contributed by atoms with E-state index in [1.807, 2.05) is 19.1 Å². The Labute approximate surface area is 288 Å². The predicted octanol–water partition coefficient (Wildman–Crippen LogP) is 4.69. The van der Waals surface area contributed by atoms with Crippen LogP contribution < -0.4 is 26.2 Å². The number of carbonyl (C=O) groups is 4. The molecular formula is C33H37Cl2N9O4. The number of nitriles is 1. The monoisotopic (exact) mass is 693 g/mol. The van der Waals surface area contributed by atoms with Gasteiger partial charge in [-0.25, -0.2) is 0 Å². The molecule has 13 nitrogen and oxygen atoms in total. The smallest absolute Gasteiger partial charge is 0.272 e. The Balaban J connectivity index is 1.39. The summed E-state index contributed by atoms with van der Waals surface area (Å²) in [5.74, 6) is -0.673. The Morgan fingerprint density at radius 3 is 1.62 bits per heavy atom. The fourth-order valence-corrected chi connectivity index (χ4v) is 5.61. The molecule has 4 aromatic rings. The molecule has 0 bridgehead atoms. The molecule has 48 heavy (non-hydrogen) atoms. The van der Waals surface area contributed by atoms with Crippen molar-refractivity contribution in [3.63, 3.8) is 0 Å². The van der Waals surface area contributed by atoms with Crippen LogP contribution >= 0.6 is 23.2 Å². The molecule has 0 aliphatic heterocycles. The second-order valence-electron chi connectivity index (χ2n) is 11.1. The molecule has 252 valence electrons. The standard InChI is InChI=1S/C33H37Cl2N9O4/c1-21-14-22(6-7-26(21)44(12-8-34)13-9-35)30(45)38-23-16-28(42(3)18-23)32(47)40-25-17-29(43(4)20-25)33(48)39-24-15-27(41(2)19-24)31(46)37-11-5-10-36/h6-7,14-20H,5,8-9,11-13H2,1-4H3,(H,37,46)(H,38,45)(H,39,48)(H,40,47). The number of carbonyl (C=O) groups excluding carboxylic acids is 4. The molecule has 3 heterocycles. The average Bonchev–Trinajstić information content (AvgIpc) is 3.72. The van der Waals surface area contributed by atoms with Crippen LogP contribution in [0.2, 0.25) is 0 Å². The van der Waals surface area contributed by atoms with Gasteiger partial charge in [-0.15, -0.1) is 23.2 Å². The number of rotatable bonds is 14. The Kier molecular flexibility index (Phi) is 11.9. The van der Waals surface area contributed by atoms with Gasteiger partial charge in [0.1, 0.15) is 17.1 Å². The zero-order valence-electron chi connectivity index (χ0n) is 27.1. The van der Waals surface area contributed by atoms with E-state index >= 15 is 0 Å². The lowest BCUT2D eigenvalue weighted by Crippen LogP contribution is -2.28. The molecule has 4 N–H and O–H groups in total. The molecule has 0 unspecified atom stereocenters. The highest BCUT2D eigenvalue weighted by Gasteiger charge is 2.19. The van der Waals surface area contributed by atoms with Crippen LogP contribution in [0.5, 0.6) is 0 Å². The number of alkyl halides is 2. The van der Waals surface area contributed by atoms with Crippen molar-refractivity contribution < 1.29 is 19.2 Å². The first kappa shape index (κ1) is 35.7. The molecule has 0 spiro atoms. The molecule has 15 heteroatoms. The summed E-state index contributed by atoms with van der Waals surface area (Å²) in [5, 5.41) is 19.7. The quantitative estimate of drug-likeness (QED) is 0.111.